The summed E-state index contributed by atoms with van der Waals surface area (Å²) in [5, 5.41) is 37.9. The lowest BCUT2D eigenvalue weighted by Gasteiger charge is -2.17. The molecule has 2 unspecified atom stereocenters. The van der Waals surface area contributed by atoms with E-state index in [-0.39, 0.29) is 11.8 Å². The molecule has 2 rings (SSSR count). The summed E-state index contributed by atoms with van der Waals surface area (Å²) in [7, 11) is 0. The molecule has 0 aliphatic rings. The van der Waals surface area contributed by atoms with Crippen molar-refractivity contribution >= 4 is 18.0 Å². The van der Waals surface area contributed by atoms with Gasteiger partial charge in [-0.15, -0.1) is 0 Å². The van der Waals surface area contributed by atoms with Crippen molar-refractivity contribution in [1.29, 1.82) is 0 Å². The summed E-state index contributed by atoms with van der Waals surface area (Å²) in [5.41, 5.74) is 2.00. The third kappa shape index (κ3) is 8.66. The van der Waals surface area contributed by atoms with E-state index in [9.17, 15) is 10.2 Å². The molecular formula is C20H23NO6. The molecule has 0 heterocycles. The number of hydrogen-bond acceptors (Lipinski definition) is 5. The molecule has 7 heteroatoms. The van der Waals surface area contributed by atoms with Gasteiger partial charge < -0.3 is 30.5 Å². The van der Waals surface area contributed by atoms with E-state index in [0.717, 1.165) is 12.1 Å². The number of carboxylic acid groups (broad SMARTS) is 2. The predicted molar refractivity (Wildman–Crippen MR) is 97.4 cm³/mol. The molecule has 0 saturated heterocycles. The van der Waals surface area contributed by atoms with Crippen molar-refractivity contribution in [3.05, 3.63) is 71.8 Å². The topological polar surface area (TPSA) is 134 Å². The van der Waals surface area contributed by atoms with Gasteiger partial charge in [0, 0.05) is 0 Å². The fourth-order valence-corrected chi connectivity index (χ4v) is 2.17. The summed E-state index contributed by atoms with van der Waals surface area (Å²) in [6.45, 7) is 2.80. The molecule has 0 radical (unpaired) electrons. The molecule has 0 aliphatic heterocycles. The van der Waals surface area contributed by atoms with Crippen LogP contribution in [0, 0.1) is 0 Å². The summed E-state index contributed by atoms with van der Waals surface area (Å²) in [5.74, 6) is -3.79. The van der Waals surface area contributed by atoms with Crippen molar-refractivity contribution in [2.45, 2.75) is 19.1 Å². The van der Waals surface area contributed by atoms with Crippen molar-refractivity contribution in [2.75, 3.05) is 6.54 Å². The number of carboxylic acids is 2. The molecule has 0 bridgehead atoms. The molecule has 2 atom stereocenters. The SMILES string of the molecule is CC([NH2+]C/C=C/c1ccccc1)C(O)c1ccc(O)cc1.O=C([O-])C(=O)O. The van der Waals surface area contributed by atoms with Gasteiger partial charge >= 0.3 is 5.97 Å². The second-order valence-corrected chi connectivity index (χ2v) is 5.77. The number of phenolic OH excluding ortho intramolecular Hbond substituents is 1. The maximum absolute atomic E-state index is 10.3. The van der Waals surface area contributed by atoms with E-state index < -0.39 is 18.0 Å². The Labute approximate surface area is 157 Å². The molecule has 0 fully saturated rings. The third-order valence-electron chi connectivity index (χ3n) is 3.66. The number of aromatic hydroxyl groups is 1. The number of quaternary nitrogens is 1. The average Bonchev–Trinajstić information content (AvgIpc) is 2.66. The van der Waals surface area contributed by atoms with Crippen LogP contribution in [-0.4, -0.2) is 39.8 Å². The van der Waals surface area contributed by atoms with Gasteiger partial charge in [0.05, 0.1) is 6.54 Å². The van der Waals surface area contributed by atoms with Gasteiger partial charge in [0.15, 0.2) is 5.97 Å². The van der Waals surface area contributed by atoms with Crippen molar-refractivity contribution in [3.8, 4) is 5.75 Å². The van der Waals surface area contributed by atoms with Crippen LogP contribution in [0.1, 0.15) is 24.2 Å². The molecule has 7 nitrogen and oxygen atoms in total. The Bertz CT molecular complexity index is 731. The van der Waals surface area contributed by atoms with E-state index in [4.69, 9.17) is 19.8 Å². The summed E-state index contributed by atoms with van der Waals surface area (Å²) < 4.78 is 0. The first-order chi connectivity index (χ1) is 12.8. The van der Waals surface area contributed by atoms with Crippen LogP contribution in [0.3, 0.4) is 0 Å². The van der Waals surface area contributed by atoms with Gasteiger partial charge in [-0.2, -0.15) is 0 Å². The lowest BCUT2D eigenvalue weighted by atomic mass is 10.0. The number of aliphatic hydroxyl groups excluding tert-OH is 1. The molecule has 5 N–H and O–H groups in total. The highest BCUT2D eigenvalue weighted by atomic mass is 16.4. The summed E-state index contributed by atoms with van der Waals surface area (Å²) in [6.07, 6.45) is 3.63. The minimum atomic E-state index is -2.07. The second kappa shape index (κ2) is 11.5. The van der Waals surface area contributed by atoms with Gasteiger partial charge in [0.25, 0.3) is 0 Å². The molecule has 27 heavy (non-hydrogen) atoms. The van der Waals surface area contributed by atoms with E-state index in [1.54, 1.807) is 24.3 Å². The zero-order chi connectivity index (χ0) is 20.2. The first-order valence-corrected chi connectivity index (χ1v) is 8.27. The average molecular weight is 373 g/mol. The van der Waals surface area contributed by atoms with Gasteiger partial charge in [-0.3, -0.25) is 0 Å². The van der Waals surface area contributed by atoms with Crippen LogP contribution in [0.4, 0.5) is 0 Å². The quantitative estimate of drug-likeness (QED) is 0.523. The maximum atomic E-state index is 10.3. The predicted octanol–water partition coefficient (Wildman–Crippen LogP) is -0.0882. The Morgan fingerprint density at radius 1 is 1.11 bits per heavy atom. The lowest BCUT2D eigenvalue weighted by Crippen LogP contribution is -2.90. The molecule has 0 saturated carbocycles. The molecule has 0 amide bonds. The fraction of sp³-hybridized carbons (Fsp3) is 0.200. The molecule has 144 valence electrons. The van der Waals surface area contributed by atoms with Crippen molar-refractivity contribution in [2.24, 2.45) is 0 Å². The van der Waals surface area contributed by atoms with Gasteiger partial charge in [-0.1, -0.05) is 48.5 Å². The van der Waals surface area contributed by atoms with Crippen LogP contribution >= 0.6 is 0 Å². The van der Waals surface area contributed by atoms with Gasteiger partial charge in [0.2, 0.25) is 0 Å². The Kier molecular flexibility index (Phi) is 9.28. The number of nitrogens with two attached hydrogens (primary N) is 1. The number of aliphatic carboxylic acids is 2. The number of benzene rings is 2. The fourth-order valence-electron chi connectivity index (χ4n) is 2.17. The summed E-state index contributed by atoms with van der Waals surface area (Å²) >= 11 is 0. The Morgan fingerprint density at radius 2 is 1.67 bits per heavy atom. The van der Waals surface area contributed by atoms with E-state index >= 15 is 0 Å². The monoisotopic (exact) mass is 373 g/mol. The Hall–Kier alpha value is -3.16. The Morgan fingerprint density at radius 3 is 2.19 bits per heavy atom. The zero-order valence-corrected chi connectivity index (χ0v) is 14.9. The minimum absolute atomic E-state index is 0.0509. The number of phenols is 1. The number of rotatable bonds is 6. The van der Waals surface area contributed by atoms with Crippen LogP contribution in [-0.2, 0) is 9.59 Å². The third-order valence-corrected chi connectivity index (χ3v) is 3.66. The van der Waals surface area contributed by atoms with Crippen molar-refractivity contribution in [1.82, 2.24) is 0 Å². The molecule has 0 aliphatic carbocycles. The summed E-state index contributed by atoms with van der Waals surface area (Å²) in [6, 6.07) is 16.9. The smallest absolute Gasteiger partial charge is 0.351 e. The molecule has 0 aromatic heterocycles. The van der Waals surface area contributed by atoms with E-state index in [0.29, 0.717) is 0 Å². The highest BCUT2D eigenvalue weighted by Crippen LogP contribution is 2.18. The Balaban J connectivity index is 0.000000527. The van der Waals surface area contributed by atoms with Gasteiger partial charge in [-0.25, -0.2) is 4.79 Å². The van der Waals surface area contributed by atoms with E-state index in [1.165, 1.54) is 5.56 Å². The maximum Gasteiger partial charge on any atom is 0.351 e. The molecular weight excluding hydrogens is 350 g/mol. The van der Waals surface area contributed by atoms with Crippen LogP contribution in [0.2, 0.25) is 0 Å². The molecule has 0 spiro atoms. The molecule has 2 aromatic carbocycles. The normalized spacial score (nSPS) is 12.7. The van der Waals surface area contributed by atoms with Crippen LogP contribution in [0.25, 0.3) is 6.08 Å². The highest BCUT2D eigenvalue weighted by molar-refractivity contribution is 6.26. The second-order valence-electron chi connectivity index (χ2n) is 5.77. The van der Waals surface area contributed by atoms with E-state index in [1.807, 2.05) is 25.1 Å². The largest absolute Gasteiger partial charge is 0.539 e. The first-order valence-electron chi connectivity index (χ1n) is 8.27. The first kappa shape index (κ1) is 21.9. The van der Waals surface area contributed by atoms with E-state index in [2.05, 4.69) is 29.6 Å². The standard InChI is InChI=1S/C18H21NO2.C2H2O4/c1-14(18(21)16-9-11-17(20)12-10-16)19-13-5-8-15-6-3-2-4-7-15;3-1(4)2(5)6/h2-12,14,18-21H,13H2,1H3;(H,3,4)(H,5,6)/b8-5+;. The van der Waals surface area contributed by atoms with Gasteiger partial charge in [-0.05, 0) is 36.3 Å². The van der Waals surface area contributed by atoms with Crippen molar-refractivity contribution in [3.63, 3.8) is 0 Å². The molecule has 2 aromatic rings. The lowest BCUT2D eigenvalue weighted by molar-refractivity contribution is -0.686. The van der Waals surface area contributed by atoms with Crippen LogP contribution in [0.15, 0.2) is 60.7 Å². The number of aliphatic hydroxyl groups is 1. The van der Waals surface area contributed by atoms with Crippen molar-refractivity contribution < 1.29 is 35.3 Å². The number of carbonyl (C=O) groups is 2. The van der Waals surface area contributed by atoms with Crippen LogP contribution < -0.4 is 10.4 Å². The number of hydrogen-bond donors (Lipinski definition) is 4. The summed E-state index contributed by atoms with van der Waals surface area (Å²) in [4.78, 5) is 18.0. The highest BCUT2D eigenvalue weighted by Gasteiger charge is 2.18. The van der Waals surface area contributed by atoms with Crippen LogP contribution in [0.5, 0.6) is 5.75 Å². The minimum Gasteiger partial charge on any atom is -0.539 e. The zero-order valence-electron chi connectivity index (χ0n) is 14.9. The van der Waals surface area contributed by atoms with Gasteiger partial charge in [0.1, 0.15) is 17.9 Å². The number of carbonyl (C=O) groups excluding carboxylic acids is 1.